The van der Waals surface area contributed by atoms with Crippen molar-refractivity contribution < 1.29 is 4.42 Å². The molecule has 1 N–H and O–H groups in total. The van der Waals surface area contributed by atoms with Crippen LogP contribution in [0.3, 0.4) is 0 Å². The molecule has 5 heterocycles. The van der Waals surface area contributed by atoms with Gasteiger partial charge in [0.15, 0.2) is 5.82 Å². The van der Waals surface area contributed by atoms with Crippen molar-refractivity contribution in [3.8, 4) is 11.1 Å². The second-order valence-electron chi connectivity index (χ2n) is 11.6. The zero-order valence-corrected chi connectivity index (χ0v) is 23.6. The number of fused-ring (bicyclic) bond motifs is 14. The van der Waals surface area contributed by atoms with Gasteiger partial charge in [-0.1, -0.05) is 66.8 Å². The molecule has 5 aromatic carbocycles. The van der Waals surface area contributed by atoms with Crippen molar-refractivity contribution >= 4 is 97.9 Å². The highest BCUT2D eigenvalue weighted by atomic mass is 32.1. The number of anilines is 1. The molecule has 0 fully saturated rings. The zero-order chi connectivity index (χ0) is 27.8. The lowest BCUT2D eigenvalue weighted by Gasteiger charge is -2.23. The fourth-order valence-electron chi connectivity index (χ4n) is 7.43. The first-order valence-electron chi connectivity index (χ1n) is 14.6. The van der Waals surface area contributed by atoms with E-state index in [-0.39, 0.29) is 6.04 Å². The first-order chi connectivity index (χ1) is 21.3. The van der Waals surface area contributed by atoms with Gasteiger partial charge in [0.1, 0.15) is 11.2 Å². The third-order valence-corrected chi connectivity index (χ3v) is 10.4. The van der Waals surface area contributed by atoms with Crippen LogP contribution >= 0.6 is 11.3 Å². The first kappa shape index (κ1) is 22.2. The summed E-state index contributed by atoms with van der Waals surface area (Å²) in [5, 5.41) is 12.6. The summed E-state index contributed by atoms with van der Waals surface area (Å²) in [7, 11) is 0. The lowest BCUT2D eigenvalue weighted by Crippen LogP contribution is -2.29. The number of nitrogens with zero attached hydrogens (tertiary/aromatic N) is 2. The number of furan rings is 1. The molecule has 4 aromatic heterocycles. The molecule has 200 valence electrons. The number of hydrogen-bond donors (Lipinski definition) is 1. The topological polar surface area (TPSA) is 41.9 Å². The van der Waals surface area contributed by atoms with Crippen molar-refractivity contribution in [2.24, 2.45) is 4.99 Å². The Bertz CT molecular complexity index is 2770. The number of benzene rings is 5. The minimum absolute atomic E-state index is 0.0790. The molecule has 2 aliphatic rings. The molecule has 0 saturated heterocycles. The SMILES string of the molecule is C1=CC2=Nc3c(c4c5c(cc6c7cc(-c8ccc9oc%10ccccc%10c9c8)ccc7n3c64)sc3ccccc35)NC2C=C1. The number of para-hydroxylation sites is 1. The van der Waals surface area contributed by atoms with E-state index in [2.05, 4.69) is 113 Å². The van der Waals surface area contributed by atoms with Crippen molar-refractivity contribution in [2.45, 2.75) is 6.04 Å². The second kappa shape index (κ2) is 7.71. The van der Waals surface area contributed by atoms with Gasteiger partial charge < -0.3 is 9.73 Å². The van der Waals surface area contributed by atoms with Gasteiger partial charge in [-0.05, 0) is 59.7 Å². The number of aliphatic imine (C=N–C) groups is 1. The Morgan fingerprint density at radius 2 is 1.51 bits per heavy atom. The molecule has 0 radical (unpaired) electrons. The summed E-state index contributed by atoms with van der Waals surface area (Å²) >= 11 is 1.88. The molecular weight excluding hydrogens is 547 g/mol. The predicted molar refractivity (Wildman–Crippen MR) is 182 cm³/mol. The minimum Gasteiger partial charge on any atom is -0.456 e. The Hall–Kier alpha value is -5.39. The van der Waals surface area contributed by atoms with Crippen LogP contribution in [0.25, 0.3) is 80.4 Å². The third kappa shape index (κ3) is 2.78. The Morgan fingerprint density at radius 3 is 2.47 bits per heavy atom. The number of nitrogens with one attached hydrogen (secondary N) is 1. The van der Waals surface area contributed by atoms with Gasteiger partial charge in [-0.3, -0.25) is 4.40 Å². The fourth-order valence-corrected chi connectivity index (χ4v) is 8.59. The highest BCUT2D eigenvalue weighted by Crippen LogP contribution is 2.52. The summed E-state index contributed by atoms with van der Waals surface area (Å²) < 4.78 is 11.1. The average molecular weight is 568 g/mol. The molecule has 1 atom stereocenters. The van der Waals surface area contributed by atoms with Gasteiger partial charge in [0, 0.05) is 47.1 Å². The standard InChI is InChI=1S/C38H21N3OS/c1-5-11-30-22(7-1)25-18-21(14-16-31(25)42-30)20-13-15-29-24(17-20)26-19-33-34(23-8-2-6-12-32(23)43-33)35-36-38(41(29)37(26)35)40-28-10-4-3-9-27(28)39-36/h1-19,27,39H. The van der Waals surface area contributed by atoms with Crippen LogP contribution in [0.5, 0.6) is 0 Å². The van der Waals surface area contributed by atoms with E-state index in [1.165, 1.54) is 58.5 Å². The molecule has 43 heavy (non-hydrogen) atoms. The van der Waals surface area contributed by atoms with E-state index in [9.17, 15) is 0 Å². The van der Waals surface area contributed by atoms with Gasteiger partial charge in [0.25, 0.3) is 0 Å². The first-order valence-corrected chi connectivity index (χ1v) is 15.4. The third-order valence-electron chi connectivity index (χ3n) is 9.32. The summed E-state index contributed by atoms with van der Waals surface area (Å²) in [5.74, 6) is 0.989. The maximum absolute atomic E-state index is 6.11. The molecule has 0 bridgehead atoms. The van der Waals surface area contributed by atoms with Crippen LogP contribution < -0.4 is 5.32 Å². The van der Waals surface area contributed by atoms with Gasteiger partial charge in [0.05, 0.1) is 28.5 Å². The van der Waals surface area contributed by atoms with E-state index in [1.54, 1.807) is 0 Å². The molecule has 5 heteroatoms. The predicted octanol–water partition coefficient (Wildman–Crippen LogP) is 10.6. The monoisotopic (exact) mass is 567 g/mol. The van der Waals surface area contributed by atoms with E-state index in [4.69, 9.17) is 9.41 Å². The molecule has 1 unspecified atom stereocenters. The lowest BCUT2D eigenvalue weighted by molar-refractivity contribution is 0.669. The minimum atomic E-state index is 0.0790. The largest absolute Gasteiger partial charge is 0.456 e. The highest BCUT2D eigenvalue weighted by molar-refractivity contribution is 7.26. The zero-order valence-electron chi connectivity index (χ0n) is 22.8. The summed E-state index contributed by atoms with van der Waals surface area (Å²) in [6.07, 6.45) is 8.50. The molecule has 1 aliphatic heterocycles. The average Bonchev–Trinajstić information content (AvgIpc) is 3.79. The fraction of sp³-hybridized carbons (Fsp3) is 0.0263. The molecule has 0 spiro atoms. The van der Waals surface area contributed by atoms with Crippen molar-refractivity contribution in [1.29, 1.82) is 0 Å². The summed E-state index contributed by atoms with van der Waals surface area (Å²) in [6, 6.07) is 33.0. The van der Waals surface area contributed by atoms with Crippen molar-refractivity contribution in [3.05, 3.63) is 115 Å². The molecule has 9 aromatic rings. The molecule has 0 amide bonds. The van der Waals surface area contributed by atoms with Crippen molar-refractivity contribution in [2.75, 3.05) is 5.32 Å². The van der Waals surface area contributed by atoms with Crippen LogP contribution in [0.4, 0.5) is 11.5 Å². The van der Waals surface area contributed by atoms with Crippen LogP contribution in [0, 0.1) is 0 Å². The van der Waals surface area contributed by atoms with Gasteiger partial charge in [-0.15, -0.1) is 11.3 Å². The smallest absolute Gasteiger partial charge is 0.162 e. The van der Waals surface area contributed by atoms with Crippen molar-refractivity contribution in [1.82, 2.24) is 4.40 Å². The second-order valence-corrected chi connectivity index (χ2v) is 12.7. The molecule has 11 rings (SSSR count). The van der Waals surface area contributed by atoms with Crippen molar-refractivity contribution in [3.63, 3.8) is 0 Å². The lowest BCUT2D eigenvalue weighted by atomic mass is 9.98. The summed E-state index contributed by atoms with van der Waals surface area (Å²) in [4.78, 5) is 5.29. The van der Waals surface area contributed by atoms with Gasteiger partial charge in [-0.2, -0.15) is 0 Å². The van der Waals surface area contributed by atoms with Crippen LogP contribution in [0.2, 0.25) is 0 Å². The summed E-state index contributed by atoms with van der Waals surface area (Å²) in [6.45, 7) is 0. The quantitative estimate of drug-likeness (QED) is 0.214. The number of thiophene rings is 1. The number of allylic oxidation sites excluding steroid dienone is 2. The Morgan fingerprint density at radius 1 is 0.698 bits per heavy atom. The maximum atomic E-state index is 6.11. The Kier molecular flexibility index (Phi) is 3.99. The van der Waals surface area contributed by atoms with Crippen LogP contribution in [0.1, 0.15) is 0 Å². The van der Waals surface area contributed by atoms with E-state index >= 15 is 0 Å². The van der Waals surface area contributed by atoms with E-state index in [0.29, 0.717) is 0 Å². The van der Waals surface area contributed by atoms with E-state index in [1.807, 2.05) is 23.5 Å². The number of hydrogen-bond acceptors (Lipinski definition) is 4. The van der Waals surface area contributed by atoms with Crippen LogP contribution in [0.15, 0.2) is 125 Å². The van der Waals surface area contributed by atoms with Crippen LogP contribution in [-0.2, 0) is 0 Å². The van der Waals surface area contributed by atoms with Crippen LogP contribution in [-0.4, -0.2) is 16.2 Å². The number of aromatic nitrogens is 1. The molecule has 0 saturated carbocycles. The highest BCUT2D eigenvalue weighted by Gasteiger charge is 2.30. The van der Waals surface area contributed by atoms with E-state index in [0.717, 1.165) is 39.2 Å². The summed E-state index contributed by atoms with van der Waals surface area (Å²) in [5.41, 5.74) is 8.83. The molecule has 1 aliphatic carbocycles. The van der Waals surface area contributed by atoms with E-state index < -0.39 is 0 Å². The van der Waals surface area contributed by atoms with Gasteiger partial charge in [0.2, 0.25) is 0 Å². The normalized spacial score (nSPS) is 16.3. The Balaban J connectivity index is 1.25. The maximum Gasteiger partial charge on any atom is 0.162 e. The van der Waals surface area contributed by atoms with Gasteiger partial charge in [-0.25, -0.2) is 4.99 Å². The Labute approximate surface area is 248 Å². The molecule has 4 nitrogen and oxygen atoms in total. The van der Waals surface area contributed by atoms with Gasteiger partial charge >= 0.3 is 0 Å². The molecular formula is C38H21N3OS. The number of rotatable bonds is 1.